The van der Waals surface area contributed by atoms with Crippen molar-refractivity contribution < 1.29 is 28.7 Å². The van der Waals surface area contributed by atoms with Gasteiger partial charge < -0.3 is 9.64 Å². The van der Waals surface area contributed by atoms with Crippen LogP contribution >= 0.6 is 0 Å². The maximum Gasteiger partial charge on any atom is 0.334 e. The number of esters is 1. The third-order valence-corrected chi connectivity index (χ3v) is 4.92. The third kappa shape index (κ3) is 3.35. The number of carbonyl (C=O) groups is 5. The number of methoxy groups -OCH3 is 1. The zero-order valence-corrected chi connectivity index (χ0v) is 15.7. The number of nitrogens with zero attached hydrogens (tertiary/aromatic N) is 3. The van der Waals surface area contributed by atoms with Crippen molar-refractivity contribution in [2.24, 2.45) is 0 Å². The Hall–Kier alpha value is -3.23. The Balaban J connectivity index is 1.82. The summed E-state index contributed by atoms with van der Waals surface area (Å²) in [4.78, 5) is 64.3. The van der Waals surface area contributed by atoms with Crippen molar-refractivity contribution in [2.75, 3.05) is 20.2 Å². The summed E-state index contributed by atoms with van der Waals surface area (Å²) in [7, 11) is 1.24. The second kappa shape index (κ2) is 7.79. The van der Waals surface area contributed by atoms with Gasteiger partial charge >= 0.3 is 23.8 Å². The Morgan fingerprint density at radius 1 is 1.07 bits per heavy atom. The minimum Gasteiger partial charge on any atom is -0.467 e. The van der Waals surface area contributed by atoms with Gasteiger partial charge in [-0.1, -0.05) is 31.2 Å². The first kappa shape index (κ1) is 19.5. The Labute approximate surface area is 161 Å². The van der Waals surface area contributed by atoms with Crippen LogP contribution in [0.25, 0.3) is 0 Å². The Kier molecular flexibility index (Phi) is 5.43. The van der Waals surface area contributed by atoms with E-state index in [0.29, 0.717) is 11.3 Å². The first-order valence-corrected chi connectivity index (χ1v) is 9.00. The predicted molar refractivity (Wildman–Crippen MR) is 95.6 cm³/mol. The minimum absolute atomic E-state index is 0.107. The smallest absolute Gasteiger partial charge is 0.334 e. The summed E-state index contributed by atoms with van der Waals surface area (Å²) >= 11 is 0. The summed E-state index contributed by atoms with van der Waals surface area (Å²) in [6, 6.07) is 5.73. The Morgan fingerprint density at radius 3 is 2.36 bits per heavy atom. The zero-order valence-electron chi connectivity index (χ0n) is 15.7. The van der Waals surface area contributed by atoms with Crippen molar-refractivity contribution in [2.45, 2.75) is 32.4 Å². The van der Waals surface area contributed by atoms with E-state index in [1.807, 2.05) is 24.3 Å². The third-order valence-electron chi connectivity index (χ3n) is 4.92. The van der Waals surface area contributed by atoms with Gasteiger partial charge in [-0.05, 0) is 17.5 Å². The van der Waals surface area contributed by atoms with Crippen LogP contribution in [0.2, 0.25) is 0 Å². The standard InChI is InChI=1S/C19H21N3O6/c1-3-8-20-16(24)17(25)22(19(20)27)11-15(23)21-10-13-7-5-4-6-12(13)9-14(21)18(26)28-2/h4-7,14H,3,8-11H2,1-2H3/t14-/m0/s1. The molecule has 2 aliphatic rings. The molecule has 2 heterocycles. The average molecular weight is 387 g/mol. The fraction of sp³-hybridized carbons (Fsp3) is 0.421. The number of hydrogen-bond acceptors (Lipinski definition) is 6. The number of rotatable bonds is 5. The molecule has 1 saturated heterocycles. The van der Waals surface area contributed by atoms with Gasteiger partial charge in [-0.2, -0.15) is 0 Å². The fourth-order valence-electron chi connectivity index (χ4n) is 3.47. The second-order valence-corrected chi connectivity index (χ2v) is 6.66. The number of urea groups is 1. The fourth-order valence-corrected chi connectivity index (χ4v) is 3.47. The Morgan fingerprint density at radius 2 is 1.71 bits per heavy atom. The molecule has 5 amide bonds. The Bertz CT molecular complexity index is 852. The lowest BCUT2D eigenvalue weighted by Crippen LogP contribution is -2.52. The number of fused-ring (bicyclic) bond motifs is 1. The number of ether oxygens (including phenoxy) is 1. The molecule has 0 radical (unpaired) electrons. The topological polar surface area (TPSA) is 104 Å². The molecule has 9 heteroatoms. The summed E-state index contributed by atoms with van der Waals surface area (Å²) in [5.41, 5.74) is 1.80. The van der Waals surface area contributed by atoms with Gasteiger partial charge in [0.15, 0.2) is 0 Å². The van der Waals surface area contributed by atoms with Gasteiger partial charge in [-0.25, -0.2) is 14.5 Å². The molecule has 1 aromatic carbocycles. The molecule has 0 N–H and O–H groups in total. The van der Waals surface area contributed by atoms with E-state index < -0.39 is 42.3 Å². The van der Waals surface area contributed by atoms with E-state index in [2.05, 4.69) is 0 Å². The van der Waals surface area contributed by atoms with E-state index in [-0.39, 0.29) is 19.5 Å². The summed E-state index contributed by atoms with van der Waals surface area (Å²) < 4.78 is 4.82. The second-order valence-electron chi connectivity index (χ2n) is 6.66. The van der Waals surface area contributed by atoms with Gasteiger partial charge in [0.05, 0.1) is 7.11 Å². The van der Waals surface area contributed by atoms with E-state index in [0.717, 1.165) is 16.0 Å². The molecule has 0 saturated carbocycles. The number of imide groups is 2. The number of benzene rings is 1. The summed E-state index contributed by atoms with van der Waals surface area (Å²) in [5, 5.41) is 0. The highest BCUT2D eigenvalue weighted by atomic mass is 16.5. The molecule has 0 bridgehead atoms. The summed E-state index contributed by atoms with van der Waals surface area (Å²) in [6.07, 6.45) is 0.775. The van der Waals surface area contributed by atoms with Crippen molar-refractivity contribution in [3.63, 3.8) is 0 Å². The van der Waals surface area contributed by atoms with Crippen molar-refractivity contribution in [1.82, 2.24) is 14.7 Å². The zero-order chi connectivity index (χ0) is 20.4. The van der Waals surface area contributed by atoms with Crippen LogP contribution in [0.4, 0.5) is 4.79 Å². The van der Waals surface area contributed by atoms with Crippen LogP contribution in [0, 0.1) is 0 Å². The molecule has 3 rings (SSSR count). The lowest BCUT2D eigenvalue weighted by atomic mass is 9.94. The molecule has 28 heavy (non-hydrogen) atoms. The maximum atomic E-state index is 12.9. The van der Waals surface area contributed by atoms with Gasteiger partial charge in [0.25, 0.3) is 0 Å². The highest BCUT2D eigenvalue weighted by Gasteiger charge is 2.46. The van der Waals surface area contributed by atoms with Crippen molar-refractivity contribution >= 4 is 29.7 Å². The number of amides is 5. The van der Waals surface area contributed by atoms with Crippen LogP contribution in [-0.2, 0) is 36.9 Å². The summed E-state index contributed by atoms with van der Waals surface area (Å²) in [6.45, 7) is 1.43. The highest BCUT2D eigenvalue weighted by Crippen LogP contribution is 2.25. The van der Waals surface area contributed by atoms with Gasteiger partial charge in [0, 0.05) is 19.5 Å². The molecular weight excluding hydrogens is 366 g/mol. The first-order valence-electron chi connectivity index (χ1n) is 9.00. The molecule has 1 fully saturated rings. The molecule has 0 aliphatic carbocycles. The maximum absolute atomic E-state index is 12.9. The van der Waals surface area contributed by atoms with Crippen molar-refractivity contribution in [3.8, 4) is 0 Å². The van der Waals surface area contributed by atoms with Crippen LogP contribution in [0.5, 0.6) is 0 Å². The SMILES string of the molecule is CCCN1C(=O)C(=O)N(CC(=O)N2Cc3ccccc3C[C@H]2C(=O)OC)C1=O. The largest absolute Gasteiger partial charge is 0.467 e. The highest BCUT2D eigenvalue weighted by molar-refractivity contribution is 6.45. The molecule has 1 aromatic rings. The summed E-state index contributed by atoms with van der Waals surface area (Å²) in [5.74, 6) is -3.14. The van der Waals surface area contributed by atoms with Gasteiger partial charge in [0.1, 0.15) is 12.6 Å². The normalized spacial score (nSPS) is 19.1. The van der Waals surface area contributed by atoms with Crippen LogP contribution in [0.1, 0.15) is 24.5 Å². The van der Waals surface area contributed by atoms with E-state index in [1.54, 1.807) is 6.92 Å². The molecule has 0 aromatic heterocycles. The van der Waals surface area contributed by atoms with Crippen LogP contribution in [0.3, 0.4) is 0 Å². The van der Waals surface area contributed by atoms with Crippen LogP contribution in [0.15, 0.2) is 24.3 Å². The number of carbonyl (C=O) groups excluding carboxylic acids is 5. The molecule has 0 spiro atoms. The van der Waals surface area contributed by atoms with Gasteiger partial charge in [0.2, 0.25) is 5.91 Å². The van der Waals surface area contributed by atoms with E-state index in [1.165, 1.54) is 12.0 Å². The van der Waals surface area contributed by atoms with Crippen LogP contribution < -0.4 is 0 Å². The van der Waals surface area contributed by atoms with Crippen molar-refractivity contribution in [3.05, 3.63) is 35.4 Å². The molecule has 0 unspecified atom stereocenters. The molecule has 1 atom stereocenters. The molecular formula is C19H21N3O6. The lowest BCUT2D eigenvalue weighted by Gasteiger charge is -2.35. The quantitative estimate of drug-likeness (QED) is 0.409. The van der Waals surface area contributed by atoms with E-state index in [4.69, 9.17) is 4.74 Å². The first-order chi connectivity index (χ1) is 13.4. The van der Waals surface area contributed by atoms with Crippen LogP contribution in [-0.4, -0.2) is 70.7 Å². The predicted octanol–water partition coefficient (Wildman–Crippen LogP) is 0.314. The minimum atomic E-state index is -1.03. The van der Waals surface area contributed by atoms with Crippen molar-refractivity contribution in [1.29, 1.82) is 0 Å². The van der Waals surface area contributed by atoms with Gasteiger partial charge in [-0.3, -0.25) is 19.3 Å². The molecule has 148 valence electrons. The van der Waals surface area contributed by atoms with E-state index >= 15 is 0 Å². The molecule has 2 aliphatic heterocycles. The monoisotopic (exact) mass is 387 g/mol. The number of hydrogen-bond donors (Lipinski definition) is 0. The van der Waals surface area contributed by atoms with E-state index in [9.17, 15) is 24.0 Å². The average Bonchev–Trinajstić information content (AvgIpc) is 2.90. The lowest BCUT2D eigenvalue weighted by molar-refractivity contribution is -0.154. The molecule has 9 nitrogen and oxygen atoms in total. The van der Waals surface area contributed by atoms with Gasteiger partial charge in [-0.15, -0.1) is 0 Å².